The number of fused-ring (bicyclic) bond motifs is 1. The highest BCUT2D eigenvalue weighted by Crippen LogP contribution is 2.28. The molecule has 4 nitrogen and oxygen atoms in total. The fraction of sp³-hybridized carbons (Fsp3) is 0.167. The van der Waals surface area contributed by atoms with Crippen molar-refractivity contribution < 1.29 is 9.59 Å². The van der Waals surface area contributed by atoms with E-state index in [1.165, 1.54) is 11.1 Å². The third-order valence-corrected chi connectivity index (χ3v) is 5.15. The molecule has 1 aliphatic rings. The molecular weight excluding hydrogens is 348 g/mol. The van der Waals surface area contributed by atoms with Crippen molar-refractivity contribution in [3.8, 4) is 0 Å². The number of hydrogen-bond acceptors (Lipinski definition) is 2. The van der Waals surface area contributed by atoms with Crippen LogP contribution >= 0.6 is 0 Å². The highest BCUT2D eigenvalue weighted by Gasteiger charge is 2.25. The summed E-state index contributed by atoms with van der Waals surface area (Å²) < 4.78 is 0. The minimum atomic E-state index is -0.185. The molecule has 0 saturated carbocycles. The van der Waals surface area contributed by atoms with Crippen LogP contribution in [0.1, 0.15) is 38.8 Å². The second-order valence-corrected chi connectivity index (χ2v) is 6.92. The van der Waals surface area contributed by atoms with Gasteiger partial charge in [0.15, 0.2) is 0 Å². The molecule has 2 amide bonds. The number of para-hydroxylation sites is 1. The number of rotatable bonds is 4. The van der Waals surface area contributed by atoms with Gasteiger partial charge in [0, 0.05) is 29.0 Å². The number of benzene rings is 3. The Hall–Kier alpha value is -3.40. The number of amides is 2. The van der Waals surface area contributed by atoms with Gasteiger partial charge in [0.05, 0.1) is 0 Å². The van der Waals surface area contributed by atoms with Crippen molar-refractivity contribution in [2.75, 3.05) is 16.8 Å². The van der Waals surface area contributed by atoms with E-state index in [4.69, 9.17) is 0 Å². The first kappa shape index (κ1) is 18.0. The third kappa shape index (κ3) is 3.54. The quantitative estimate of drug-likeness (QED) is 0.723. The molecule has 140 valence electrons. The van der Waals surface area contributed by atoms with Gasteiger partial charge in [0.2, 0.25) is 0 Å². The molecule has 3 aromatic rings. The summed E-state index contributed by atoms with van der Waals surface area (Å²) in [5.74, 6) is -0.221. The molecule has 0 aliphatic carbocycles. The Labute approximate surface area is 164 Å². The van der Waals surface area contributed by atoms with Crippen LogP contribution in [-0.4, -0.2) is 18.4 Å². The zero-order chi connectivity index (χ0) is 19.5. The van der Waals surface area contributed by atoms with Crippen LogP contribution in [0.2, 0.25) is 0 Å². The van der Waals surface area contributed by atoms with Crippen LogP contribution in [0.25, 0.3) is 0 Å². The Morgan fingerprint density at radius 3 is 2.29 bits per heavy atom. The largest absolute Gasteiger partial charge is 0.322 e. The molecule has 0 fully saturated rings. The summed E-state index contributed by atoms with van der Waals surface area (Å²) in [6.07, 6.45) is 1.84. The Morgan fingerprint density at radius 1 is 0.893 bits per heavy atom. The van der Waals surface area contributed by atoms with E-state index in [0.29, 0.717) is 17.7 Å². The molecule has 4 rings (SSSR count). The standard InChI is InChI=1S/C24H22N2O2/c1-2-17-7-13-21(14-8-17)25-23(27)19-9-11-20(12-10-19)24(28)26-16-15-18-5-3-4-6-22(18)26/h3-14H,2,15-16H2,1H3,(H,25,27). The third-order valence-electron chi connectivity index (χ3n) is 5.15. The molecule has 0 saturated heterocycles. The van der Waals surface area contributed by atoms with Gasteiger partial charge in [0.25, 0.3) is 11.8 Å². The van der Waals surface area contributed by atoms with E-state index in [2.05, 4.69) is 18.3 Å². The van der Waals surface area contributed by atoms with E-state index in [0.717, 1.165) is 24.2 Å². The Bertz CT molecular complexity index is 1010. The van der Waals surface area contributed by atoms with Crippen LogP contribution in [-0.2, 0) is 12.8 Å². The second-order valence-electron chi connectivity index (χ2n) is 6.92. The summed E-state index contributed by atoms with van der Waals surface area (Å²) in [5, 5.41) is 2.89. The average Bonchev–Trinajstić information content (AvgIpc) is 3.18. The Balaban J connectivity index is 1.46. The molecule has 4 heteroatoms. The van der Waals surface area contributed by atoms with E-state index in [1.807, 2.05) is 42.5 Å². The number of anilines is 2. The van der Waals surface area contributed by atoms with Crippen molar-refractivity contribution in [3.63, 3.8) is 0 Å². The van der Waals surface area contributed by atoms with E-state index in [1.54, 1.807) is 29.2 Å². The molecule has 0 aromatic heterocycles. The molecule has 3 aromatic carbocycles. The molecule has 1 aliphatic heterocycles. The first-order chi connectivity index (χ1) is 13.7. The normalized spacial score (nSPS) is 12.5. The molecule has 0 unspecified atom stereocenters. The van der Waals surface area contributed by atoms with Crippen molar-refractivity contribution in [3.05, 3.63) is 95.1 Å². The van der Waals surface area contributed by atoms with Crippen molar-refractivity contribution in [1.82, 2.24) is 0 Å². The molecule has 28 heavy (non-hydrogen) atoms. The molecule has 0 atom stereocenters. The molecular formula is C24H22N2O2. The number of nitrogens with one attached hydrogen (secondary N) is 1. The number of carbonyl (C=O) groups is 2. The number of nitrogens with zero attached hydrogens (tertiary/aromatic N) is 1. The van der Waals surface area contributed by atoms with Gasteiger partial charge in [-0.2, -0.15) is 0 Å². The van der Waals surface area contributed by atoms with Gasteiger partial charge in [-0.1, -0.05) is 37.3 Å². The van der Waals surface area contributed by atoms with Gasteiger partial charge in [-0.05, 0) is 66.4 Å². The van der Waals surface area contributed by atoms with Crippen molar-refractivity contribution in [2.24, 2.45) is 0 Å². The average molecular weight is 370 g/mol. The Kier molecular flexibility index (Phi) is 4.94. The van der Waals surface area contributed by atoms with E-state index >= 15 is 0 Å². The highest BCUT2D eigenvalue weighted by molar-refractivity contribution is 6.09. The van der Waals surface area contributed by atoms with Crippen LogP contribution in [0.5, 0.6) is 0 Å². The predicted molar refractivity (Wildman–Crippen MR) is 112 cm³/mol. The van der Waals surface area contributed by atoms with Crippen LogP contribution in [0.3, 0.4) is 0 Å². The Morgan fingerprint density at radius 2 is 1.57 bits per heavy atom. The number of hydrogen-bond donors (Lipinski definition) is 1. The van der Waals surface area contributed by atoms with Crippen LogP contribution in [0, 0.1) is 0 Å². The summed E-state index contributed by atoms with van der Waals surface area (Å²) in [5.41, 5.74) is 5.27. The van der Waals surface area contributed by atoms with E-state index in [-0.39, 0.29) is 11.8 Å². The summed E-state index contributed by atoms with van der Waals surface area (Å²) in [4.78, 5) is 27.1. The summed E-state index contributed by atoms with van der Waals surface area (Å²) >= 11 is 0. The molecule has 1 N–H and O–H groups in total. The van der Waals surface area contributed by atoms with Gasteiger partial charge >= 0.3 is 0 Å². The maximum atomic E-state index is 12.9. The van der Waals surface area contributed by atoms with Gasteiger partial charge in [0.1, 0.15) is 0 Å². The predicted octanol–water partition coefficient (Wildman–Crippen LogP) is 4.70. The smallest absolute Gasteiger partial charge is 0.258 e. The highest BCUT2D eigenvalue weighted by atomic mass is 16.2. The minimum Gasteiger partial charge on any atom is -0.322 e. The van der Waals surface area contributed by atoms with Crippen LogP contribution in [0.4, 0.5) is 11.4 Å². The van der Waals surface area contributed by atoms with Crippen LogP contribution in [0.15, 0.2) is 72.8 Å². The van der Waals surface area contributed by atoms with Gasteiger partial charge in [-0.15, -0.1) is 0 Å². The fourth-order valence-corrected chi connectivity index (χ4v) is 3.50. The fourth-order valence-electron chi connectivity index (χ4n) is 3.50. The van der Waals surface area contributed by atoms with Gasteiger partial charge in [-0.3, -0.25) is 9.59 Å². The molecule has 0 radical (unpaired) electrons. The van der Waals surface area contributed by atoms with Crippen molar-refractivity contribution in [1.29, 1.82) is 0 Å². The lowest BCUT2D eigenvalue weighted by molar-refractivity contribution is 0.0986. The molecule has 0 bridgehead atoms. The lowest BCUT2D eigenvalue weighted by atomic mass is 10.1. The molecule has 1 heterocycles. The lowest BCUT2D eigenvalue weighted by Gasteiger charge is -2.17. The maximum Gasteiger partial charge on any atom is 0.258 e. The second kappa shape index (κ2) is 7.69. The molecule has 0 spiro atoms. The first-order valence-corrected chi connectivity index (χ1v) is 9.56. The number of aryl methyl sites for hydroxylation is 1. The van der Waals surface area contributed by atoms with Gasteiger partial charge < -0.3 is 10.2 Å². The lowest BCUT2D eigenvalue weighted by Crippen LogP contribution is -2.28. The zero-order valence-electron chi connectivity index (χ0n) is 15.8. The van der Waals surface area contributed by atoms with Crippen molar-refractivity contribution in [2.45, 2.75) is 19.8 Å². The van der Waals surface area contributed by atoms with Crippen LogP contribution < -0.4 is 10.2 Å². The maximum absolute atomic E-state index is 12.9. The summed E-state index contributed by atoms with van der Waals surface area (Å²) in [6.45, 7) is 2.78. The SMILES string of the molecule is CCc1ccc(NC(=O)c2ccc(C(=O)N3CCc4ccccc43)cc2)cc1. The monoisotopic (exact) mass is 370 g/mol. The van der Waals surface area contributed by atoms with E-state index in [9.17, 15) is 9.59 Å². The zero-order valence-corrected chi connectivity index (χ0v) is 15.8. The van der Waals surface area contributed by atoms with E-state index < -0.39 is 0 Å². The van der Waals surface area contributed by atoms with Crippen molar-refractivity contribution >= 4 is 23.2 Å². The summed E-state index contributed by atoms with van der Waals surface area (Å²) in [6, 6.07) is 22.6. The van der Waals surface area contributed by atoms with Gasteiger partial charge in [-0.25, -0.2) is 0 Å². The first-order valence-electron chi connectivity index (χ1n) is 9.56. The topological polar surface area (TPSA) is 49.4 Å². The summed E-state index contributed by atoms with van der Waals surface area (Å²) in [7, 11) is 0. The minimum absolute atomic E-state index is 0.0351. The number of carbonyl (C=O) groups excluding carboxylic acids is 2.